The van der Waals surface area contributed by atoms with Crippen molar-refractivity contribution in [1.29, 1.82) is 0 Å². The first-order valence-electron chi connectivity index (χ1n) is 7.68. The number of aryl methyl sites for hydroxylation is 1. The summed E-state index contributed by atoms with van der Waals surface area (Å²) < 4.78 is 1.97. The number of carbonyl (C=O) groups excluding carboxylic acids is 1. The second-order valence-corrected chi connectivity index (χ2v) is 6.96. The highest BCUT2D eigenvalue weighted by molar-refractivity contribution is 7.12. The average Bonchev–Trinajstić information content (AvgIpc) is 3.15. The highest BCUT2D eigenvalue weighted by atomic mass is 32.1. The van der Waals surface area contributed by atoms with Crippen LogP contribution in [-0.2, 0) is 7.05 Å². The Morgan fingerprint density at radius 2 is 2.17 bits per heavy atom. The molecule has 0 fully saturated rings. The molecule has 0 spiro atoms. The summed E-state index contributed by atoms with van der Waals surface area (Å²) in [4.78, 5) is 22.2. The molecule has 0 saturated heterocycles. The van der Waals surface area contributed by atoms with Crippen LogP contribution in [-0.4, -0.2) is 20.4 Å². The van der Waals surface area contributed by atoms with Gasteiger partial charge in [0.05, 0.1) is 10.9 Å². The van der Waals surface area contributed by atoms with E-state index < -0.39 is 0 Å². The predicted molar refractivity (Wildman–Crippen MR) is 92.5 cm³/mol. The summed E-state index contributed by atoms with van der Waals surface area (Å²) in [6.07, 6.45) is 2.59. The van der Waals surface area contributed by atoms with Crippen molar-refractivity contribution in [2.75, 3.05) is 0 Å². The van der Waals surface area contributed by atoms with Crippen LogP contribution in [0.25, 0.3) is 11.2 Å². The monoisotopic (exact) mass is 328 g/mol. The molecule has 3 aromatic rings. The maximum atomic E-state index is 12.4. The van der Waals surface area contributed by atoms with Gasteiger partial charge in [-0.1, -0.05) is 19.9 Å². The number of rotatable bonds is 5. The molecule has 0 saturated carbocycles. The number of nitrogens with zero attached hydrogens (tertiary/aromatic N) is 3. The molecule has 0 bridgehead atoms. The molecule has 6 heteroatoms. The van der Waals surface area contributed by atoms with E-state index in [2.05, 4.69) is 29.1 Å². The van der Waals surface area contributed by atoms with Gasteiger partial charge in [-0.2, -0.15) is 0 Å². The first-order chi connectivity index (χ1) is 11.1. The van der Waals surface area contributed by atoms with Gasteiger partial charge in [0, 0.05) is 13.2 Å². The number of carbonyl (C=O) groups is 1. The second-order valence-electron chi connectivity index (χ2n) is 6.01. The van der Waals surface area contributed by atoms with Crippen LogP contribution in [0.15, 0.2) is 35.8 Å². The number of aromatic nitrogens is 3. The van der Waals surface area contributed by atoms with Crippen molar-refractivity contribution in [2.24, 2.45) is 13.0 Å². The highest BCUT2D eigenvalue weighted by Gasteiger charge is 2.23. The lowest BCUT2D eigenvalue weighted by molar-refractivity contribution is 0.0933. The van der Waals surface area contributed by atoms with Crippen molar-refractivity contribution in [3.05, 3.63) is 46.5 Å². The van der Waals surface area contributed by atoms with E-state index in [1.165, 1.54) is 11.3 Å². The van der Waals surface area contributed by atoms with E-state index >= 15 is 0 Å². The molecule has 0 unspecified atom stereocenters. The Balaban J connectivity index is 1.94. The van der Waals surface area contributed by atoms with Gasteiger partial charge >= 0.3 is 0 Å². The largest absolute Gasteiger partial charge is 0.341 e. The second kappa shape index (κ2) is 6.50. The fourth-order valence-electron chi connectivity index (χ4n) is 2.69. The number of imidazole rings is 1. The molecular formula is C17H20N4OS. The summed E-state index contributed by atoms with van der Waals surface area (Å²) in [5, 5.41) is 5.04. The zero-order chi connectivity index (χ0) is 16.4. The Morgan fingerprint density at radius 1 is 1.35 bits per heavy atom. The molecular weight excluding hydrogens is 308 g/mol. The minimum Gasteiger partial charge on any atom is -0.341 e. The molecule has 23 heavy (non-hydrogen) atoms. The fourth-order valence-corrected chi connectivity index (χ4v) is 3.32. The van der Waals surface area contributed by atoms with Crippen molar-refractivity contribution in [2.45, 2.75) is 26.3 Å². The Morgan fingerprint density at radius 3 is 2.83 bits per heavy atom. The highest BCUT2D eigenvalue weighted by Crippen LogP contribution is 2.24. The zero-order valence-corrected chi connectivity index (χ0v) is 14.3. The third kappa shape index (κ3) is 3.27. The molecule has 0 aliphatic heterocycles. The maximum Gasteiger partial charge on any atom is 0.261 e. The van der Waals surface area contributed by atoms with Gasteiger partial charge in [-0.3, -0.25) is 4.79 Å². The van der Waals surface area contributed by atoms with Crippen LogP contribution in [0.5, 0.6) is 0 Å². The maximum absolute atomic E-state index is 12.4. The van der Waals surface area contributed by atoms with E-state index in [1.54, 1.807) is 6.20 Å². The fraction of sp³-hybridized carbons (Fsp3) is 0.353. The summed E-state index contributed by atoms with van der Waals surface area (Å²) in [7, 11) is 1.95. The van der Waals surface area contributed by atoms with Crippen LogP contribution in [0, 0.1) is 5.92 Å². The van der Waals surface area contributed by atoms with Crippen LogP contribution in [0.2, 0.25) is 0 Å². The minimum atomic E-state index is -0.135. The minimum absolute atomic E-state index is 0.0503. The standard InChI is InChI=1S/C17H20N4OS/c1-11(2)10-13(20-17(22)14-7-5-9-23-14)16-19-12-6-4-8-18-15(12)21(16)3/h4-9,11,13H,10H2,1-3H3,(H,20,22)/t13-/m1/s1. The molecule has 3 heterocycles. The lowest BCUT2D eigenvalue weighted by atomic mass is 10.0. The average molecular weight is 328 g/mol. The van der Waals surface area contributed by atoms with E-state index in [1.807, 2.05) is 41.3 Å². The number of hydrogen-bond donors (Lipinski definition) is 1. The molecule has 1 atom stereocenters. The lowest BCUT2D eigenvalue weighted by Gasteiger charge is -2.20. The first kappa shape index (κ1) is 15.7. The summed E-state index contributed by atoms with van der Waals surface area (Å²) in [5.41, 5.74) is 1.69. The van der Waals surface area contributed by atoms with Gasteiger partial charge in [-0.25, -0.2) is 9.97 Å². The van der Waals surface area contributed by atoms with Crippen LogP contribution in [0.4, 0.5) is 0 Å². The smallest absolute Gasteiger partial charge is 0.261 e. The summed E-state index contributed by atoms with van der Waals surface area (Å²) in [5.74, 6) is 1.24. The lowest BCUT2D eigenvalue weighted by Crippen LogP contribution is -2.30. The third-order valence-corrected chi connectivity index (χ3v) is 4.60. The number of thiophene rings is 1. The number of pyridine rings is 1. The van der Waals surface area contributed by atoms with Crippen LogP contribution in [0.1, 0.15) is 41.8 Å². The van der Waals surface area contributed by atoms with Crippen LogP contribution in [0.3, 0.4) is 0 Å². The quantitative estimate of drug-likeness (QED) is 0.779. The Hall–Kier alpha value is -2.21. The van der Waals surface area contributed by atoms with Crippen LogP contribution >= 0.6 is 11.3 Å². The first-order valence-corrected chi connectivity index (χ1v) is 8.56. The van der Waals surface area contributed by atoms with E-state index in [9.17, 15) is 4.79 Å². The molecule has 5 nitrogen and oxygen atoms in total. The zero-order valence-electron chi connectivity index (χ0n) is 13.5. The van der Waals surface area contributed by atoms with E-state index in [-0.39, 0.29) is 11.9 Å². The van der Waals surface area contributed by atoms with Gasteiger partial charge in [-0.05, 0) is 35.9 Å². The molecule has 0 radical (unpaired) electrons. The number of amides is 1. The van der Waals surface area contributed by atoms with Gasteiger partial charge < -0.3 is 9.88 Å². The van der Waals surface area contributed by atoms with Crippen molar-refractivity contribution in [3.63, 3.8) is 0 Å². The molecule has 3 aromatic heterocycles. The Kier molecular flexibility index (Phi) is 4.43. The molecule has 120 valence electrons. The third-order valence-electron chi connectivity index (χ3n) is 3.73. The van der Waals surface area contributed by atoms with Crippen molar-refractivity contribution >= 4 is 28.4 Å². The van der Waals surface area contributed by atoms with Gasteiger partial charge in [0.25, 0.3) is 5.91 Å². The predicted octanol–water partition coefficient (Wildman–Crippen LogP) is 3.55. The SMILES string of the molecule is CC(C)C[C@@H](NC(=O)c1cccs1)c1nc2cccnc2n1C. The molecule has 0 aliphatic carbocycles. The van der Waals surface area contributed by atoms with E-state index in [4.69, 9.17) is 0 Å². The number of fused-ring (bicyclic) bond motifs is 1. The van der Waals surface area contributed by atoms with Crippen molar-refractivity contribution < 1.29 is 4.79 Å². The Bertz CT molecular complexity index is 807. The van der Waals surface area contributed by atoms with Gasteiger partial charge in [-0.15, -0.1) is 11.3 Å². The van der Waals surface area contributed by atoms with E-state index in [0.717, 1.165) is 28.3 Å². The van der Waals surface area contributed by atoms with Gasteiger partial charge in [0.15, 0.2) is 5.65 Å². The van der Waals surface area contributed by atoms with Crippen LogP contribution < -0.4 is 5.32 Å². The molecule has 1 amide bonds. The summed E-state index contributed by atoms with van der Waals surface area (Å²) in [6, 6.07) is 7.41. The van der Waals surface area contributed by atoms with Gasteiger partial charge in [0.1, 0.15) is 11.3 Å². The normalized spacial score (nSPS) is 12.7. The number of nitrogens with one attached hydrogen (secondary N) is 1. The topological polar surface area (TPSA) is 59.8 Å². The summed E-state index contributed by atoms with van der Waals surface area (Å²) >= 11 is 1.44. The number of hydrogen-bond acceptors (Lipinski definition) is 4. The Labute approximate surface area is 139 Å². The molecule has 0 aliphatic rings. The van der Waals surface area contributed by atoms with E-state index in [0.29, 0.717) is 5.92 Å². The molecule has 3 rings (SSSR count). The van der Waals surface area contributed by atoms with Crippen molar-refractivity contribution in [3.8, 4) is 0 Å². The van der Waals surface area contributed by atoms with Crippen molar-refractivity contribution in [1.82, 2.24) is 19.9 Å². The van der Waals surface area contributed by atoms with Gasteiger partial charge in [0.2, 0.25) is 0 Å². The molecule has 0 aromatic carbocycles. The summed E-state index contributed by atoms with van der Waals surface area (Å²) in [6.45, 7) is 4.29. The molecule has 1 N–H and O–H groups in total.